The fourth-order valence-electron chi connectivity index (χ4n) is 0.487. The molecule has 0 atom stereocenters. The molecule has 0 unspecified atom stereocenters. The molecule has 1 aliphatic heterocycles. The van der Waals surface area contributed by atoms with Crippen LogP contribution in [0, 0.1) is 0 Å². The van der Waals surface area contributed by atoms with Gasteiger partial charge >= 0.3 is 0 Å². The molecule has 0 spiro atoms. The summed E-state index contributed by atoms with van der Waals surface area (Å²) >= 11 is 11.4. The molecule has 0 amide bonds. The van der Waals surface area contributed by atoms with Crippen molar-refractivity contribution >= 4 is 45.5 Å². The van der Waals surface area contributed by atoms with E-state index in [9.17, 15) is 0 Å². The van der Waals surface area contributed by atoms with E-state index in [1.54, 1.807) is 4.90 Å². The minimum absolute atomic E-state index is 0.755. The molecule has 1 aliphatic rings. The first-order valence-electron chi connectivity index (χ1n) is 2.31. The van der Waals surface area contributed by atoms with E-state index < -0.39 is 0 Å². The summed E-state index contributed by atoms with van der Waals surface area (Å²) in [6.45, 7) is 3.73. The lowest BCUT2D eigenvalue weighted by Crippen LogP contribution is -2.20. The molecule has 0 aromatic rings. The number of thioether (sulfide) groups is 1. The van der Waals surface area contributed by atoms with Gasteiger partial charge in [0.05, 0.1) is 0 Å². The van der Waals surface area contributed by atoms with Crippen molar-refractivity contribution in [1.82, 2.24) is 4.90 Å². The summed E-state index contributed by atoms with van der Waals surface area (Å²) < 4.78 is 0.796. The van der Waals surface area contributed by atoms with E-state index in [4.69, 9.17) is 24.4 Å². The van der Waals surface area contributed by atoms with Gasteiger partial charge in [0.25, 0.3) is 0 Å². The van der Waals surface area contributed by atoms with Crippen molar-refractivity contribution in [3.63, 3.8) is 0 Å². The molecule has 0 aromatic heterocycles. The summed E-state index contributed by atoms with van der Waals surface area (Å²) in [6, 6.07) is 0. The number of hydrogen-bond donors (Lipinski definition) is 0. The van der Waals surface area contributed by atoms with Gasteiger partial charge in [0.1, 0.15) is 9.31 Å². The summed E-state index contributed by atoms with van der Waals surface area (Å²) in [5, 5.41) is 0. The molecule has 1 heterocycles. The Morgan fingerprint density at radius 2 is 2.11 bits per heavy atom. The second-order valence-corrected chi connectivity index (χ2v) is 3.77. The van der Waals surface area contributed by atoms with Crippen molar-refractivity contribution in [2.45, 2.75) is 0 Å². The van der Waals surface area contributed by atoms with Crippen LogP contribution in [0.5, 0.6) is 0 Å². The highest BCUT2D eigenvalue weighted by atomic mass is 32.2. The maximum Gasteiger partial charge on any atom is 0.146 e. The zero-order chi connectivity index (χ0) is 7.02. The SMILES string of the molecule is C=C1SC(=S)N(C)C1=S. The van der Waals surface area contributed by atoms with Gasteiger partial charge in [0, 0.05) is 12.0 Å². The van der Waals surface area contributed by atoms with Crippen molar-refractivity contribution in [1.29, 1.82) is 0 Å². The first kappa shape index (κ1) is 7.18. The monoisotopic (exact) mass is 175 g/mol. The van der Waals surface area contributed by atoms with Gasteiger partial charge in [-0.2, -0.15) is 0 Å². The second kappa shape index (κ2) is 2.36. The van der Waals surface area contributed by atoms with E-state index in [0.717, 1.165) is 14.2 Å². The standard InChI is InChI=1S/C5H5NS3/c1-3-4(7)6(2)5(8)9-3/h1H2,2H3. The molecular weight excluding hydrogens is 170 g/mol. The van der Waals surface area contributed by atoms with E-state index in [-0.39, 0.29) is 0 Å². The molecular formula is C5H5NS3. The van der Waals surface area contributed by atoms with Gasteiger partial charge in [0.2, 0.25) is 0 Å². The van der Waals surface area contributed by atoms with Crippen LogP contribution in [0.25, 0.3) is 0 Å². The van der Waals surface area contributed by atoms with Crippen molar-refractivity contribution in [2.24, 2.45) is 0 Å². The van der Waals surface area contributed by atoms with Crippen molar-refractivity contribution in [3.8, 4) is 0 Å². The topological polar surface area (TPSA) is 3.24 Å². The molecule has 0 bridgehead atoms. The number of hydrogen-bond acceptors (Lipinski definition) is 3. The van der Waals surface area contributed by atoms with E-state index in [1.165, 1.54) is 11.8 Å². The van der Waals surface area contributed by atoms with Crippen LogP contribution in [0.15, 0.2) is 11.5 Å². The van der Waals surface area contributed by atoms with Crippen LogP contribution in [0.3, 0.4) is 0 Å². The van der Waals surface area contributed by atoms with Gasteiger partial charge in [-0.25, -0.2) is 0 Å². The quantitative estimate of drug-likeness (QED) is 0.408. The Balaban J connectivity index is 2.90. The predicted molar refractivity (Wildman–Crippen MR) is 49.7 cm³/mol. The summed E-state index contributed by atoms with van der Waals surface area (Å²) in [5.41, 5.74) is 0. The minimum atomic E-state index is 0.755. The first-order chi connectivity index (χ1) is 4.13. The van der Waals surface area contributed by atoms with Gasteiger partial charge < -0.3 is 4.90 Å². The molecule has 1 fully saturated rings. The lowest BCUT2D eigenvalue weighted by molar-refractivity contribution is 0.811. The molecule has 0 N–H and O–H groups in total. The molecule has 0 aromatic carbocycles. The van der Waals surface area contributed by atoms with E-state index in [2.05, 4.69) is 6.58 Å². The lowest BCUT2D eigenvalue weighted by atomic mass is 10.6. The Kier molecular flexibility index (Phi) is 1.88. The van der Waals surface area contributed by atoms with Gasteiger partial charge in [-0.1, -0.05) is 42.8 Å². The average Bonchev–Trinajstić information content (AvgIpc) is 1.98. The van der Waals surface area contributed by atoms with E-state index in [0.29, 0.717) is 0 Å². The molecule has 1 rings (SSSR count). The van der Waals surface area contributed by atoms with Crippen LogP contribution in [-0.2, 0) is 0 Å². The third-order valence-corrected chi connectivity index (χ3v) is 3.09. The maximum atomic E-state index is 4.96. The summed E-state index contributed by atoms with van der Waals surface area (Å²) in [5.74, 6) is 0. The molecule has 0 saturated carbocycles. The fourth-order valence-corrected chi connectivity index (χ4v) is 1.88. The Bertz CT molecular complexity index is 196. The van der Waals surface area contributed by atoms with E-state index >= 15 is 0 Å². The first-order valence-corrected chi connectivity index (χ1v) is 3.95. The third-order valence-electron chi connectivity index (χ3n) is 1.03. The average molecular weight is 175 g/mol. The Morgan fingerprint density at radius 3 is 2.22 bits per heavy atom. The zero-order valence-corrected chi connectivity index (χ0v) is 7.33. The van der Waals surface area contributed by atoms with Crippen LogP contribution in [0.4, 0.5) is 0 Å². The van der Waals surface area contributed by atoms with Crippen LogP contribution < -0.4 is 0 Å². The van der Waals surface area contributed by atoms with Crippen molar-refractivity contribution in [2.75, 3.05) is 7.05 Å². The van der Waals surface area contributed by atoms with Crippen LogP contribution in [0.1, 0.15) is 0 Å². The number of rotatable bonds is 0. The smallest absolute Gasteiger partial charge is 0.146 e. The summed E-state index contributed by atoms with van der Waals surface area (Å²) in [7, 11) is 1.86. The number of nitrogens with zero attached hydrogens (tertiary/aromatic N) is 1. The second-order valence-electron chi connectivity index (χ2n) is 1.66. The number of likely N-dealkylation sites (N-methyl/N-ethyl adjacent to an activating group) is 1. The molecule has 1 saturated heterocycles. The molecule has 4 heteroatoms. The van der Waals surface area contributed by atoms with Crippen LogP contribution in [-0.4, -0.2) is 21.3 Å². The predicted octanol–water partition coefficient (Wildman–Crippen LogP) is 1.79. The van der Waals surface area contributed by atoms with Crippen LogP contribution in [0.2, 0.25) is 0 Å². The fraction of sp³-hybridized carbons (Fsp3) is 0.200. The Labute approximate surface area is 69.1 Å². The van der Waals surface area contributed by atoms with Gasteiger partial charge in [-0.15, -0.1) is 0 Å². The summed E-state index contributed by atoms with van der Waals surface area (Å²) in [6.07, 6.45) is 0. The molecule has 1 nitrogen and oxygen atoms in total. The molecule has 9 heavy (non-hydrogen) atoms. The van der Waals surface area contributed by atoms with Crippen molar-refractivity contribution < 1.29 is 0 Å². The van der Waals surface area contributed by atoms with Crippen molar-refractivity contribution in [3.05, 3.63) is 11.5 Å². The third kappa shape index (κ3) is 1.15. The normalized spacial score (nSPS) is 19.7. The maximum absolute atomic E-state index is 4.96. The largest absolute Gasteiger partial charge is 0.320 e. The Morgan fingerprint density at radius 1 is 1.56 bits per heavy atom. The highest BCUT2D eigenvalue weighted by molar-refractivity contribution is 8.27. The zero-order valence-electron chi connectivity index (χ0n) is 4.88. The lowest BCUT2D eigenvalue weighted by Gasteiger charge is -2.06. The summed E-state index contributed by atoms with van der Waals surface area (Å²) in [4.78, 5) is 3.43. The molecule has 0 radical (unpaired) electrons. The van der Waals surface area contributed by atoms with Gasteiger partial charge in [-0.05, 0) is 0 Å². The number of thiocarbonyl (C=S) groups is 2. The highest BCUT2D eigenvalue weighted by Gasteiger charge is 2.22. The highest BCUT2D eigenvalue weighted by Crippen LogP contribution is 2.28. The van der Waals surface area contributed by atoms with Gasteiger partial charge in [-0.3, -0.25) is 0 Å². The van der Waals surface area contributed by atoms with E-state index in [1.807, 2.05) is 7.05 Å². The molecule has 0 aliphatic carbocycles. The Hall–Kier alpha value is 0.0700. The minimum Gasteiger partial charge on any atom is -0.320 e. The van der Waals surface area contributed by atoms with Crippen LogP contribution >= 0.6 is 36.2 Å². The van der Waals surface area contributed by atoms with Gasteiger partial charge in [0.15, 0.2) is 0 Å². The molecule has 48 valence electrons.